The molecule has 0 aromatic heterocycles. The monoisotopic (exact) mass is 253 g/mol. The molecule has 2 N–H and O–H groups in total. The first-order chi connectivity index (χ1) is 8.58. The molecule has 2 heterocycles. The van der Waals surface area contributed by atoms with Gasteiger partial charge in [-0.05, 0) is 31.7 Å². The lowest BCUT2D eigenvalue weighted by Crippen LogP contribution is -2.56. The molecule has 0 aromatic rings. The third-order valence-electron chi connectivity index (χ3n) is 4.03. The highest BCUT2D eigenvalue weighted by molar-refractivity contribution is 5.83. The Morgan fingerprint density at radius 3 is 2.89 bits per heavy atom. The molecule has 3 atom stereocenters. The molecule has 2 fully saturated rings. The Hall–Kier alpha value is -1.10. The maximum Gasteiger partial charge on any atom is 0.237 e. The molecule has 0 spiro atoms. The van der Waals surface area contributed by atoms with Crippen LogP contribution in [0.3, 0.4) is 0 Å². The maximum absolute atomic E-state index is 12.2. The summed E-state index contributed by atoms with van der Waals surface area (Å²) in [5, 5.41) is 6.36. The van der Waals surface area contributed by atoms with Crippen molar-refractivity contribution in [2.24, 2.45) is 5.92 Å². The summed E-state index contributed by atoms with van der Waals surface area (Å²) in [6, 6.07) is 0.0396. The second-order valence-electron chi connectivity index (χ2n) is 5.57. The summed E-state index contributed by atoms with van der Waals surface area (Å²) >= 11 is 0. The summed E-state index contributed by atoms with van der Waals surface area (Å²) < 4.78 is 0. The number of nitrogens with zero attached hydrogens (tertiary/aromatic N) is 1. The highest BCUT2D eigenvalue weighted by atomic mass is 16.2. The third kappa shape index (κ3) is 3.02. The lowest BCUT2D eigenvalue weighted by Gasteiger charge is -2.34. The van der Waals surface area contributed by atoms with Gasteiger partial charge < -0.3 is 15.5 Å². The Kier molecular flexibility index (Phi) is 4.22. The molecular weight excluding hydrogens is 230 g/mol. The van der Waals surface area contributed by atoms with Crippen LogP contribution in [-0.2, 0) is 9.59 Å². The molecule has 2 saturated heterocycles. The van der Waals surface area contributed by atoms with Crippen LogP contribution in [0.15, 0.2) is 0 Å². The quantitative estimate of drug-likeness (QED) is 0.734. The topological polar surface area (TPSA) is 61.4 Å². The van der Waals surface area contributed by atoms with Gasteiger partial charge in [-0.2, -0.15) is 0 Å². The van der Waals surface area contributed by atoms with E-state index in [1.165, 1.54) is 0 Å². The molecule has 2 aliphatic heterocycles. The molecule has 0 bridgehead atoms. The van der Waals surface area contributed by atoms with Gasteiger partial charge in [0.1, 0.15) is 0 Å². The lowest BCUT2D eigenvalue weighted by atomic mass is 9.91. The van der Waals surface area contributed by atoms with Crippen molar-refractivity contribution in [3.63, 3.8) is 0 Å². The minimum atomic E-state index is -0.0679. The van der Waals surface area contributed by atoms with Gasteiger partial charge in [-0.1, -0.05) is 6.92 Å². The van der Waals surface area contributed by atoms with Crippen molar-refractivity contribution in [2.45, 2.75) is 44.7 Å². The van der Waals surface area contributed by atoms with Crippen molar-refractivity contribution in [2.75, 3.05) is 20.1 Å². The van der Waals surface area contributed by atoms with E-state index < -0.39 is 0 Å². The molecule has 0 saturated carbocycles. The molecule has 2 amide bonds. The van der Waals surface area contributed by atoms with Crippen molar-refractivity contribution >= 4 is 11.8 Å². The van der Waals surface area contributed by atoms with Crippen molar-refractivity contribution in [3.8, 4) is 0 Å². The molecule has 5 heteroatoms. The van der Waals surface area contributed by atoms with Crippen molar-refractivity contribution in [1.29, 1.82) is 0 Å². The summed E-state index contributed by atoms with van der Waals surface area (Å²) in [5.74, 6) is 0.654. The van der Waals surface area contributed by atoms with Crippen LogP contribution < -0.4 is 10.6 Å². The van der Waals surface area contributed by atoms with E-state index in [9.17, 15) is 9.59 Å². The van der Waals surface area contributed by atoms with E-state index in [1.54, 1.807) is 11.9 Å². The van der Waals surface area contributed by atoms with Crippen LogP contribution in [0.2, 0.25) is 0 Å². The lowest BCUT2D eigenvalue weighted by molar-refractivity contribution is -0.134. The van der Waals surface area contributed by atoms with E-state index in [1.807, 2.05) is 0 Å². The molecule has 3 unspecified atom stereocenters. The summed E-state index contributed by atoms with van der Waals surface area (Å²) in [6.07, 6.45) is 3.55. The fraction of sp³-hybridized carbons (Fsp3) is 0.846. The Morgan fingerprint density at radius 1 is 1.44 bits per heavy atom. The maximum atomic E-state index is 12.2. The van der Waals surface area contributed by atoms with Gasteiger partial charge in [0.15, 0.2) is 0 Å². The molecule has 0 aromatic carbocycles. The molecule has 102 valence electrons. The van der Waals surface area contributed by atoms with E-state index in [-0.39, 0.29) is 23.9 Å². The fourth-order valence-electron chi connectivity index (χ4n) is 2.82. The zero-order chi connectivity index (χ0) is 13.1. The average molecular weight is 253 g/mol. The van der Waals surface area contributed by atoms with Gasteiger partial charge >= 0.3 is 0 Å². The van der Waals surface area contributed by atoms with Crippen molar-refractivity contribution < 1.29 is 9.59 Å². The first-order valence-electron chi connectivity index (χ1n) is 6.85. The molecule has 0 radical (unpaired) electrons. The first kappa shape index (κ1) is 13.3. The number of likely N-dealkylation sites (N-methyl/N-ethyl adjacent to an activating group) is 1. The number of nitrogens with one attached hydrogen (secondary N) is 2. The normalized spacial score (nSPS) is 33.3. The van der Waals surface area contributed by atoms with Crippen molar-refractivity contribution in [3.05, 3.63) is 0 Å². The number of rotatable bonds is 2. The van der Waals surface area contributed by atoms with Crippen LogP contribution in [0.1, 0.15) is 32.6 Å². The van der Waals surface area contributed by atoms with E-state index in [2.05, 4.69) is 17.6 Å². The molecule has 18 heavy (non-hydrogen) atoms. The smallest absolute Gasteiger partial charge is 0.237 e. The predicted molar refractivity (Wildman–Crippen MR) is 69.0 cm³/mol. The van der Waals surface area contributed by atoms with E-state index >= 15 is 0 Å². The Labute approximate surface area is 108 Å². The number of carbonyl (C=O) groups is 2. The Morgan fingerprint density at radius 2 is 2.22 bits per heavy atom. The average Bonchev–Trinajstić information content (AvgIpc) is 2.34. The molecular formula is C13H23N3O2. The van der Waals surface area contributed by atoms with Crippen LogP contribution in [-0.4, -0.2) is 48.9 Å². The number of likely N-dealkylation sites (tertiary alicyclic amines) is 1. The summed E-state index contributed by atoms with van der Waals surface area (Å²) in [5.41, 5.74) is 0. The zero-order valence-electron chi connectivity index (χ0n) is 11.2. The van der Waals surface area contributed by atoms with Gasteiger partial charge in [-0.15, -0.1) is 0 Å². The largest absolute Gasteiger partial charge is 0.350 e. The number of amides is 2. The molecule has 2 aliphatic rings. The van der Waals surface area contributed by atoms with Crippen LogP contribution in [0.4, 0.5) is 0 Å². The van der Waals surface area contributed by atoms with Gasteiger partial charge in [-0.3, -0.25) is 9.59 Å². The van der Waals surface area contributed by atoms with Gasteiger partial charge in [0.25, 0.3) is 0 Å². The van der Waals surface area contributed by atoms with Gasteiger partial charge in [0.2, 0.25) is 11.8 Å². The van der Waals surface area contributed by atoms with Crippen LogP contribution >= 0.6 is 0 Å². The summed E-state index contributed by atoms with van der Waals surface area (Å²) in [6.45, 7) is 3.67. The predicted octanol–water partition coefficient (Wildman–Crippen LogP) is 0.112. The second-order valence-corrected chi connectivity index (χ2v) is 5.57. The number of hydrogen-bond acceptors (Lipinski definition) is 3. The minimum Gasteiger partial charge on any atom is -0.350 e. The highest BCUT2D eigenvalue weighted by Gasteiger charge is 2.30. The fourth-order valence-corrected chi connectivity index (χ4v) is 2.82. The second kappa shape index (κ2) is 5.69. The van der Waals surface area contributed by atoms with Crippen LogP contribution in [0.25, 0.3) is 0 Å². The van der Waals surface area contributed by atoms with E-state index in [0.29, 0.717) is 18.9 Å². The van der Waals surface area contributed by atoms with E-state index in [4.69, 9.17) is 0 Å². The van der Waals surface area contributed by atoms with Crippen LogP contribution in [0.5, 0.6) is 0 Å². The van der Waals surface area contributed by atoms with E-state index in [0.717, 1.165) is 25.8 Å². The molecule has 2 rings (SSSR count). The van der Waals surface area contributed by atoms with Gasteiger partial charge in [0, 0.05) is 26.1 Å². The Balaban J connectivity index is 1.85. The highest BCUT2D eigenvalue weighted by Crippen LogP contribution is 2.16. The standard InChI is InChI=1S/C13H23N3O2/c1-9-4-3-7-14-12(9)13(18)15-10-5-6-11(17)16(2)8-10/h9-10,12,14H,3-8H2,1-2H3,(H,15,18). The Bertz CT molecular complexity index is 332. The summed E-state index contributed by atoms with van der Waals surface area (Å²) in [7, 11) is 1.79. The number of carbonyl (C=O) groups excluding carboxylic acids is 2. The van der Waals surface area contributed by atoms with Gasteiger partial charge in [0.05, 0.1) is 6.04 Å². The minimum absolute atomic E-state index is 0.0679. The zero-order valence-corrected chi connectivity index (χ0v) is 11.2. The number of hydrogen-bond donors (Lipinski definition) is 2. The van der Waals surface area contributed by atoms with Crippen molar-refractivity contribution in [1.82, 2.24) is 15.5 Å². The number of piperidine rings is 2. The summed E-state index contributed by atoms with van der Waals surface area (Å²) in [4.78, 5) is 25.3. The SMILES string of the molecule is CC1CCCNC1C(=O)NC1CCC(=O)N(C)C1. The first-order valence-corrected chi connectivity index (χ1v) is 6.85. The molecule has 0 aliphatic carbocycles. The third-order valence-corrected chi connectivity index (χ3v) is 4.03. The molecule has 5 nitrogen and oxygen atoms in total. The van der Waals surface area contributed by atoms with Gasteiger partial charge in [-0.25, -0.2) is 0 Å². The van der Waals surface area contributed by atoms with Crippen LogP contribution in [0, 0.1) is 5.92 Å².